The highest BCUT2D eigenvalue weighted by Gasteiger charge is 2.51. The van der Waals surface area contributed by atoms with Crippen molar-refractivity contribution in [2.45, 2.75) is 57.8 Å². The second-order valence-electron chi connectivity index (χ2n) is 12.0. The maximum Gasteiger partial charge on any atom is 0.345 e. The van der Waals surface area contributed by atoms with E-state index in [1.165, 1.54) is 19.5 Å². The summed E-state index contributed by atoms with van der Waals surface area (Å²) in [5, 5.41) is 6.40. The van der Waals surface area contributed by atoms with Gasteiger partial charge in [-0.3, -0.25) is 9.59 Å². The van der Waals surface area contributed by atoms with Crippen LogP contribution in [-0.2, 0) is 16.7 Å². The first-order valence-electron chi connectivity index (χ1n) is 15.8. The van der Waals surface area contributed by atoms with Gasteiger partial charge < -0.3 is 24.5 Å². The number of methoxy groups -OCH3 is 1. The molecule has 11 heteroatoms. The summed E-state index contributed by atoms with van der Waals surface area (Å²) in [5.74, 6) is 0.350. The minimum Gasteiger partial charge on any atom is -0.496 e. The smallest absolute Gasteiger partial charge is 0.345 e. The molecule has 0 radical (unpaired) electrons. The van der Waals surface area contributed by atoms with E-state index in [1.54, 1.807) is 25.2 Å². The lowest BCUT2D eigenvalue weighted by atomic mass is 9.73. The maximum absolute atomic E-state index is 14.0. The quantitative estimate of drug-likeness (QED) is 0.155. The fraction of sp³-hybridized carbons (Fsp3) is 0.297. The van der Waals surface area contributed by atoms with E-state index in [0.29, 0.717) is 40.3 Å². The molecule has 3 aromatic carbocycles. The van der Waals surface area contributed by atoms with Crippen molar-refractivity contribution in [2.75, 3.05) is 14.2 Å². The number of alkyl halides is 2. The van der Waals surface area contributed by atoms with Crippen molar-refractivity contribution in [3.05, 3.63) is 101 Å². The third kappa shape index (κ3) is 6.25. The number of halogens is 2. The van der Waals surface area contributed by atoms with Crippen LogP contribution in [-0.4, -0.2) is 48.7 Å². The molecule has 9 nitrogen and oxygen atoms in total. The molecule has 5 aromatic rings. The number of nitrogens with zero attached hydrogens (tertiary/aromatic N) is 2. The molecule has 6 rings (SSSR count). The van der Waals surface area contributed by atoms with Crippen LogP contribution < -0.4 is 15.4 Å². The molecule has 2 heterocycles. The Morgan fingerprint density at radius 3 is 2.38 bits per heavy atom. The first-order chi connectivity index (χ1) is 23.2. The van der Waals surface area contributed by atoms with Crippen molar-refractivity contribution in [2.24, 2.45) is 0 Å². The lowest BCUT2D eigenvalue weighted by Crippen LogP contribution is -2.58. The Balaban J connectivity index is 1.43. The monoisotopic (exact) mass is 654 g/mol. The van der Waals surface area contributed by atoms with Crippen LogP contribution >= 0.6 is 0 Å². The van der Waals surface area contributed by atoms with Gasteiger partial charge in [0.05, 0.1) is 24.3 Å². The number of rotatable bonds is 11. The molecule has 2 N–H and O–H groups in total. The number of ether oxygens (including phenoxy) is 2. The van der Waals surface area contributed by atoms with Gasteiger partial charge in [0.15, 0.2) is 5.82 Å². The molecule has 0 bridgehead atoms. The first-order valence-corrected chi connectivity index (χ1v) is 15.8. The number of aryl methyl sites for hydroxylation is 2. The topological polar surface area (TPSA) is 116 Å². The largest absolute Gasteiger partial charge is 0.496 e. The zero-order chi connectivity index (χ0) is 34.0. The van der Waals surface area contributed by atoms with Gasteiger partial charge in [-0.05, 0) is 60.4 Å². The number of carbonyl (C=O) groups excluding carboxylic acids is 2. The molecule has 0 unspecified atom stereocenters. The number of fused-ring (bicyclic) bond motifs is 1. The second kappa shape index (κ2) is 13.5. The van der Waals surface area contributed by atoms with Gasteiger partial charge in [0.1, 0.15) is 22.6 Å². The molecule has 0 spiro atoms. The van der Waals surface area contributed by atoms with Gasteiger partial charge in [-0.15, -0.1) is 0 Å². The lowest BCUT2D eigenvalue weighted by Gasteiger charge is -2.46. The van der Waals surface area contributed by atoms with Crippen molar-refractivity contribution >= 4 is 22.8 Å². The number of furan rings is 1. The minimum atomic E-state index is -2.93. The SMILES string of the molecule is CCCc1cc2oc(-c3ccc(C)cc3)c(C(=O)NC)c2cc1-c1ccc(OC)c(C(=O)NC2(c3ncccn3)CC(OC(F)F)C2)c1. The number of hydrogen-bond donors (Lipinski definition) is 2. The van der Waals surface area contributed by atoms with E-state index in [9.17, 15) is 18.4 Å². The molecule has 2 amide bonds. The molecule has 1 aliphatic carbocycles. The Morgan fingerprint density at radius 2 is 1.73 bits per heavy atom. The van der Waals surface area contributed by atoms with E-state index in [1.807, 2.05) is 49.4 Å². The van der Waals surface area contributed by atoms with Crippen LogP contribution in [0.5, 0.6) is 5.75 Å². The molecule has 248 valence electrons. The number of nitrogens with one attached hydrogen (secondary N) is 2. The van der Waals surface area contributed by atoms with Crippen LogP contribution in [0.1, 0.15) is 63.9 Å². The number of hydrogen-bond acceptors (Lipinski definition) is 7. The Labute approximate surface area is 276 Å². The standard InChI is InChI=1S/C37H36F2N4O5/c1-5-7-23-17-30-27(31(34(45)40-3)32(48-30)22-10-8-21(2)9-11-22)18-26(23)24-12-13-29(46-4)28(16-24)33(44)43-37(35-41-14-6-15-42-35)19-25(20-37)47-36(38)39/h6,8-18,25,36H,5,7,19-20H2,1-4H3,(H,40,45)(H,43,44). The number of carbonyl (C=O) groups is 2. The number of benzene rings is 3. The summed E-state index contributed by atoms with van der Waals surface area (Å²) >= 11 is 0. The zero-order valence-corrected chi connectivity index (χ0v) is 27.1. The maximum atomic E-state index is 14.0. The summed E-state index contributed by atoms with van der Waals surface area (Å²) in [6.07, 6.45) is 4.04. The van der Waals surface area contributed by atoms with Gasteiger partial charge >= 0.3 is 6.61 Å². The zero-order valence-electron chi connectivity index (χ0n) is 27.1. The fourth-order valence-electron chi connectivity index (χ4n) is 6.37. The van der Waals surface area contributed by atoms with Gasteiger partial charge in [-0.25, -0.2) is 9.97 Å². The third-order valence-corrected chi connectivity index (χ3v) is 8.75. The summed E-state index contributed by atoms with van der Waals surface area (Å²) in [5.41, 5.74) is 4.55. The van der Waals surface area contributed by atoms with Crippen LogP contribution in [0.4, 0.5) is 8.78 Å². The summed E-state index contributed by atoms with van der Waals surface area (Å²) < 4.78 is 42.6. The van der Waals surface area contributed by atoms with E-state index >= 15 is 0 Å². The van der Waals surface area contributed by atoms with Gasteiger partial charge in [0, 0.05) is 43.2 Å². The molecule has 0 saturated heterocycles. The highest BCUT2D eigenvalue weighted by Crippen LogP contribution is 2.43. The van der Waals surface area contributed by atoms with E-state index in [0.717, 1.165) is 34.2 Å². The predicted octanol–water partition coefficient (Wildman–Crippen LogP) is 7.21. The van der Waals surface area contributed by atoms with Gasteiger partial charge in [0.25, 0.3) is 11.8 Å². The molecule has 0 atom stereocenters. The van der Waals surface area contributed by atoms with Crippen molar-refractivity contribution < 1.29 is 32.3 Å². The van der Waals surface area contributed by atoms with Crippen molar-refractivity contribution in [3.8, 4) is 28.2 Å². The Morgan fingerprint density at radius 1 is 1.02 bits per heavy atom. The Hall–Kier alpha value is -5.16. The van der Waals surface area contributed by atoms with Crippen LogP contribution in [0.2, 0.25) is 0 Å². The van der Waals surface area contributed by atoms with Gasteiger partial charge in [-0.1, -0.05) is 49.2 Å². The molecule has 1 aliphatic rings. The molecule has 48 heavy (non-hydrogen) atoms. The summed E-state index contributed by atoms with van der Waals surface area (Å²) in [4.78, 5) is 35.9. The van der Waals surface area contributed by atoms with Gasteiger partial charge in [0.2, 0.25) is 0 Å². The first kappa shape index (κ1) is 32.8. The summed E-state index contributed by atoms with van der Waals surface area (Å²) in [7, 11) is 3.05. The average Bonchev–Trinajstić information content (AvgIpc) is 3.45. The number of aromatic nitrogens is 2. The highest BCUT2D eigenvalue weighted by molar-refractivity contribution is 6.12. The Bertz CT molecular complexity index is 1950. The minimum absolute atomic E-state index is 0.0818. The van der Waals surface area contributed by atoms with Crippen molar-refractivity contribution in [3.63, 3.8) is 0 Å². The molecular formula is C37H36F2N4O5. The van der Waals surface area contributed by atoms with E-state index in [-0.39, 0.29) is 24.3 Å². The van der Waals surface area contributed by atoms with Crippen molar-refractivity contribution in [1.82, 2.24) is 20.6 Å². The third-order valence-electron chi connectivity index (χ3n) is 8.75. The summed E-state index contributed by atoms with van der Waals surface area (Å²) in [6.45, 7) is 1.14. The van der Waals surface area contributed by atoms with E-state index in [4.69, 9.17) is 13.9 Å². The van der Waals surface area contributed by atoms with Gasteiger partial charge in [-0.2, -0.15) is 8.78 Å². The predicted molar refractivity (Wildman–Crippen MR) is 177 cm³/mol. The van der Waals surface area contributed by atoms with E-state index < -0.39 is 24.2 Å². The average molecular weight is 655 g/mol. The van der Waals surface area contributed by atoms with Crippen LogP contribution in [0.25, 0.3) is 33.4 Å². The fourth-order valence-corrected chi connectivity index (χ4v) is 6.37. The second-order valence-corrected chi connectivity index (χ2v) is 12.0. The Kier molecular flexibility index (Phi) is 9.23. The van der Waals surface area contributed by atoms with Crippen LogP contribution in [0, 0.1) is 6.92 Å². The molecule has 1 fully saturated rings. The molecular weight excluding hydrogens is 618 g/mol. The van der Waals surface area contributed by atoms with Crippen LogP contribution in [0.15, 0.2) is 77.5 Å². The number of amides is 2. The van der Waals surface area contributed by atoms with E-state index in [2.05, 4.69) is 27.5 Å². The molecule has 1 saturated carbocycles. The normalized spacial score (nSPS) is 17.3. The van der Waals surface area contributed by atoms with Crippen molar-refractivity contribution in [1.29, 1.82) is 0 Å². The lowest BCUT2D eigenvalue weighted by molar-refractivity contribution is -0.198. The molecule has 2 aromatic heterocycles. The van der Waals surface area contributed by atoms with Crippen LogP contribution in [0.3, 0.4) is 0 Å². The molecule has 0 aliphatic heterocycles. The summed E-state index contributed by atoms with van der Waals surface area (Å²) in [6, 6.07) is 18.7. The highest BCUT2D eigenvalue weighted by atomic mass is 19.3.